The molecule has 2 heterocycles. The minimum absolute atomic E-state index is 0.0701. The largest absolute Gasteiger partial charge is 0.467 e. The number of nitrogens with one attached hydrogen (secondary N) is 1. The van der Waals surface area contributed by atoms with Gasteiger partial charge in [-0.3, -0.25) is 4.98 Å². The van der Waals surface area contributed by atoms with E-state index in [4.69, 9.17) is 4.42 Å². The number of halogens is 1. The minimum Gasteiger partial charge on any atom is -0.467 e. The maximum atomic E-state index is 9.26. The van der Waals surface area contributed by atoms with Crippen LogP contribution in [0.3, 0.4) is 0 Å². The number of anilines is 1. The molecule has 2 aromatic heterocycles. The van der Waals surface area contributed by atoms with Gasteiger partial charge in [0, 0.05) is 28.4 Å². The van der Waals surface area contributed by atoms with Crippen molar-refractivity contribution >= 4 is 32.5 Å². The number of fused-ring (bicyclic) bond motifs is 1. The topological polar surface area (TPSA) is 58.3 Å². The number of benzene rings is 1. The summed E-state index contributed by atoms with van der Waals surface area (Å²) >= 11 is 3.46. The molecule has 3 rings (SSSR count). The van der Waals surface area contributed by atoms with Gasteiger partial charge in [-0.15, -0.1) is 0 Å². The van der Waals surface area contributed by atoms with E-state index in [2.05, 4.69) is 26.2 Å². The van der Waals surface area contributed by atoms with Crippen LogP contribution in [-0.2, 0) is 0 Å². The van der Waals surface area contributed by atoms with E-state index >= 15 is 0 Å². The summed E-state index contributed by atoms with van der Waals surface area (Å²) in [4.78, 5) is 4.38. The first-order valence-electron chi connectivity index (χ1n) is 6.73. The van der Waals surface area contributed by atoms with Crippen LogP contribution in [0.25, 0.3) is 10.9 Å². The zero-order chi connectivity index (χ0) is 14.7. The van der Waals surface area contributed by atoms with Gasteiger partial charge in [0.2, 0.25) is 0 Å². The smallest absolute Gasteiger partial charge is 0.126 e. The number of aromatic nitrogens is 1. The van der Waals surface area contributed by atoms with E-state index in [9.17, 15) is 5.11 Å². The lowest BCUT2D eigenvalue weighted by molar-refractivity contribution is 0.273. The van der Waals surface area contributed by atoms with E-state index in [0.717, 1.165) is 26.8 Å². The molecule has 2 N–H and O–H groups in total. The Morgan fingerprint density at radius 2 is 2.19 bits per heavy atom. The van der Waals surface area contributed by atoms with Crippen molar-refractivity contribution in [3.05, 3.63) is 59.1 Å². The summed E-state index contributed by atoms with van der Waals surface area (Å²) in [5.41, 5.74) is 1.89. The lowest BCUT2D eigenvalue weighted by Crippen LogP contribution is -2.12. The molecule has 3 aromatic rings. The quantitative estimate of drug-likeness (QED) is 0.729. The fourth-order valence-electron chi connectivity index (χ4n) is 2.34. The molecule has 0 aliphatic carbocycles. The number of aliphatic hydroxyl groups is 1. The van der Waals surface area contributed by atoms with E-state index in [1.54, 1.807) is 12.5 Å². The molecule has 0 aliphatic heterocycles. The summed E-state index contributed by atoms with van der Waals surface area (Å²) in [7, 11) is 0. The van der Waals surface area contributed by atoms with Crippen molar-refractivity contribution in [3.63, 3.8) is 0 Å². The van der Waals surface area contributed by atoms with Crippen molar-refractivity contribution in [3.8, 4) is 0 Å². The number of pyridine rings is 1. The molecular formula is C16H15BrN2O2. The molecule has 1 unspecified atom stereocenters. The average molecular weight is 347 g/mol. The second-order valence-electron chi connectivity index (χ2n) is 4.74. The fourth-order valence-corrected chi connectivity index (χ4v) is 2.69. The molecule has 21 heavy (non-hydrogen) atoms. The Morgan fingerprint density at radius 3 is 2.95 bits per heavy atom. The molecule has 0 saturated heterocycles. The maximum absolute atomic E-state index is 9.26. The summed E-state index contributed by atoms with van der Waals surface area (Å²) in [6.07, 6.45) is 3.99. The second-order valence-corrected chi connectivity index (χ2v) is 5.66. The average Bonchev–Trinajstić information content (AvgIpc) is 3.01. The molecule has 1 aromatic carbocycles. The van der Waals surface area contributed by atoms with Gasteiger partial charge in [-0.05, 0) is 42.8 Å². The third-order valence-corrected chi connectivity index (χ3v) is 3.83. The standard InChI is InChI=1S/C16H15BrN2O2/c17-11-3-4-12-13(5-7-18-15(12)10-11)19-14(6-8-20)16-2-1-9-21-16/h1-5,7,9-10,14,20H,6,8H2,(H,18,19). The first kappa shape index (κ1) is 14.1. The van der Waals surface area contributed by atoms with Crippen molar-refractivity contribution in [2.75, 3.05) is 11.9 Å². The summed E-state index contributed by atoms with van der Waals surface area (Å²) in [5.74, 6) is 0.811. The highest BCUT2D eigenvalue weighted by molar-refractivity contribution is 9.10. The Labute approximate surface area is 130 Å². The third-order valence-electron chi connectivity index (χ3n) is 3.34. The van der Waals surface area contributed by atoms with Crippen LogP contribution in [0.5, 0.6) is 0 Å². The maximum Gasteiger partial charge on any atom is 0.126 e. The number of hydrogen-bond donors (Lipinski definition) is 2. The number of hydrogen-bond acceptors (Lipinski definition) is 4. The predicted octanol–water partition coefficient (Wildman–Crippen LogP) is 4.13. The molecule has 1 atom stereocenters. The third kappa shape index (κ3) is 3.09. The minimum atomic E-state index is -0.0701. The van der Waals surface area contributed by atoms with Gasteiger partial charge in [-0.1, -0.05) is 15.9 Å². The second kappa shape index (κ2) is 6.28. The Bertz CT molecular complexity index is 728. The summed E-state index contributed by atoms with van der Waals surface area (Å²) in [6.45, 7) is 0.0902. The Balaban J connectivity index is 1.96. The van der Waals surface area contributed by atoms with E-state index in [0.29, 0.717) is 6.42 Å². The molecule has 0 aliphatic rings. The van der Waals surface area contributed by atoms with Crippen molar-refractivity contribution in [1.82, 2.24) is 4.98 Å². The van der Waals surface area contributed by atoms with Gasteiger partial charge in [0.1, 0.15) is 5.76 Å². The highest BCUT2D eigenvalue weighted by atomic mass is 79.9. The predicted molar refractivity (Wildman–Crippen MR) is 86.2 cm³/mol. The van der Waals surface area contributed by atoms with Gasteiger partial charge < -0.3 is 14.8 Å². The molecule has 0 radical (unpaired) electrons. The van der Waals surface area contributed by atoms with Crippen molar-refractivity contribution in [1.29, 1.82) is 0 Å². The normalized spacial score (nSPS) is 12.5. The highest BCUT2D eigenvalue weighted by Crippen LogP contribution is 2.29. The zero-order valence-corrected chi connectivity index (χ0v) is 12.9. The molecule has 0 fully saturated rings. The number of furan rings is 1. The van der Waals surface area contributed by atoms with Gasteiger partial charge in [0.25, 0.3) is 0 Å². The molecule has 0 bridgehead atoms. The summed E-state index contributed by atoms with van der Waals surface area (Å²) < 4.78 is 6.45. The van der Waals surface area contributed by atoms with Gasteiger partial charge in [-0.25, -0.2) is 0 Å². The van der Waals surface area contributed by atoms with Crippen LogP contribution in [-0.4, -0.2) is 16.7 Å². The first-order chi connectivity index (χ1) is 10.3. The Kier molecular flexibility index (Phi) is 4.22. The van der Waals surface area contributed by atoms with E-state index in [1.165, 1.54) is 0 Å². The molecule has 5 heteroatoms. The van der Waals surface area contributed by atoms with Gasteiger partial charge in [0.05, 0.1) is 17.8 Å². The van der Waals surface area contributed by atoms with Crippen LogP contribution in [0.1, 0.15) is 18.2 Å². The lowest BCUT2D eigenvalue weighted by Gasteiger charge is -2.18. The monoisotopic (exact) mass is 346 g/mol. The lowest BCUT2D eigenvalue weighted by atomic mass is 10.1. The number of aliphatic hydroxyl groups excluding tert-OH is 1. The zero-order valence-electron chi connectivity index (χ0n) is 11.3. The SMILES string of the molecule is OCCC(Nc1ccnc2cc(Br)ccc12)c1ccco1. The Hall–Kier alpha value is -1.85. The molecule has 0 saturated carbocycles. The van der Waals surface area contributed by atoms with Crippen molar-refractivity contribution in [2.24, 2.45) is 0 Å². The molecule has 108 valence electrons. The van der Waals surface area contributed by atoms with Crippen molar-refractivity contribution in [2.45, 2.75) is 12.5 Å². The van der Waals surface area contributed by atoms with E-state index in [-0.39, 0.29) is 12.6 Å². The van der Waals surface area contributed by atoms with Crippen LogP contribution < -0.4 is 5.32 Å². The number of nitrogens with zero attached hydrogens (tertiary/aromatic N) is 1. The van der Waals surface area contributed by atoms with Crippen LogP contribution in [0.2, 0.25) is 0 Å². The van der Waals surface area contributed by atoms with Gasteiger partial charge >= 0.3 is 0 Å². The van der Waals surface area contributed by atoms with Crippen LogP contribution >= 0.6 is 15.9 Å². The van der Waals surface area contributed by atoms with E-state index < -0.39 is 0 Å². The van der Waals surface area contributed by atoms with Crippen LogP contribution in [0.15, 0.2) is 57.7 Å². The molecular weight excluding hydrogens is 332 g/mol. The highest BCUT2D eigenvalue weighted by Gasteiger charge is 2.15. The summed E-state index contributed by atoms with van der Waals surface area (Å²) in [5, 5.41) is 13.7. The number of rotatable bonds is 5. The fraction of sp³-hybridized carbons (Fsp3) is 0.188. The first-order valence-corrected chi connectivity index (χ1v) is 7.52. The molecule has 4 nitrogen and oxygen atoms in total. The van der Waals surface area contributed by atoms with Gasteiger partial charge in [-0.2, -0.15) is 0 Å². The van der Waals surface area contributed by atoms with Gasteiger partial charge in [0.15, 0.2) is 0 Å². The van der Waals surface area contributed by atoms with Crippen LogP contribution in [0.4, 0.5) is 5.69 Å². The van der Waals surface area contributed by atoms with Crippen molar-refractivity contribution < 1.29 is 9.52 Å². The Morgan fingerprint density at radius 1 is 1.29 bits per heavy atom. The molecule has 0 amide bonds. The summed E-state index contributed by atoms with van der Waals surface area (Å²) in [6, 6.07) is 11.6. The van der Waals surface area contributed by atoms with E-state index in [1.807, 2.05) is 36.4 Å². The van der Waals surface area contributed by atoms with Crippen LogP contribution in [0, 0.1) is 0 Å². The molecule has 0 spiro atoms.